The van der Waals surface area contributed by atoms with E-state index in [0.717, 1.165) is 24.3 Å². The van der Waals surface area contributed by atoms with E-state index in [2.05, 4.69) is 15.3 Å². The van der Waals surface area contributed by atoms with Gasteiger partial charge in [-0.3, -0.25) is 0 Å². The SMILES string of the molecule is Nc1cccc(Cl)c1NCCc1cnc[nH]1. The van der Waals surface area contributed by atoms with Crippen LogP contribution < -0.4 is 11.1 Å². The first kappa shape index (κ1) is 10.8. The van der Waals surface area contributed by atoms with Crippen LogP contribution in [-0.4, -0.2) is 16.5 Å². The number of imidazole rings is 1. The lowest BCUT2D eigenvalue weighted by Crippen LogP contribution is -2.07. The van der Waals surface area contributed by atoms with Gasteiger partial charge in [0.15, 0.2) is 0 Å². The van der Waals surface area contributed by atoms with Crippen LogP contribution >= 0.6 is 11.6 Å². The summed E-state index contributed by atoms with van der Waals surface area (Å²) in [5, 5.41) is 3.86. The number of rotatable bonds is 4. The molecule has 0 spiro atoms. The summed E-state index contributed by atoms with van der Waals surface area (Å²) in [6, 6.07) is 5.47. The molecular weight excluding hydrogens is 224 g/mol. The first-order valence-corrected chi connectivity index (χ1v) is 5.40. The highest BCUT2D eigenvalue weighted by Gasteiger charge is 2.03. The van der Waals surface area contributed by atoms with Gasteiger partial charge < -0.3 is 16.0 Å². The zero-order chi connectivity index (χ0) is 11.4. The predicted octanol–water partition coefficient (Wildman–Crippen LogP) is 2.30. The summed E-state index contributed by atoms with van der Waals surface area (Å²) in [6.45, 7) is 0.760. The van der Waals surface area contributed by atoms with Crippen molar-refractivity contribution in [2.45, 2.75) is 6.42 Å². The molecule has 4 N–H and O–H groups in total. The summed E-state index contributed by atoms with van der Waals surface area (Å²) in [5.74, 6) is 0. The maximum absolute atomic E-state index is 6.03. The number of nitrogen functional groups attached to an aromatic ring is 1. The van der Waals surface area contributed by atoms with Crippen LogP contribution in [0.4, 0.5) is 11.4 Å². The lowest BCUT2D eigenvalue weighted by molar-refractivity contribution is 0.977. The molecule has 1 heterocycles. The normalized spacial score (nSPS) is 10.3. The van der Waals surface area contributed by atoms with Crippen molar-refractivity contribution in [3.8, 4) is 0 Å². The zero-order valence-corrected chi connectivity index (χ0v) is 9.46. The van der Waals surface area contributed by atoms with Crippen LogP contribution in [-0.2, 0) is 6.42 Å². The van der Waals surface area contributed by atoms with Crippen LogP contribution in [0.3, 0.4) is 0 Å². The van der Waals surface area contributed by atoms with E-state index in [9.17, 15) is 0 Å². The van der Waals surface area contributed by atoms with E-state index in [-0.39, 0.29) is 0 Å². The van der Waals surface area contributed by atoms with E-state index in [0.29, 0.717) is 10.7 Å². The molecule has 2 rings (SSSR count). The van der Waals surface area contributed by atoms with Crippen molar-refractivity contribution in [1.82, 2.24) is 9.97 Å². The number of aromatic nitrogens is 2. The second kappa shape index (κ2) is 4.90. The number of halogens is 1. The number of nitrogens with two attached hydrogens (primary N) is 1. The quantitative estimate of drug-likeness (QED) is 0.714. The monoisotopic (exact) mass is 236 g/mol. The van der Waals surface area contributed by atoms with Gasteiger partial charge in [0.1, 0.15) is 0 Å². The molecular formula is C11H13ClN4. The second-order valence-electron chi connectivity index (χ2n) is 3.46. The molecule has 1 aromatic carbocycles. The Bertz CT molecular complexity index is 433. The standard InChI is InChI=1S/C11H13ClN4/c12-9-2-1-3-10(13)11(9)15-5-4-8-6-14-7-16-8/h1-3,6-7,15H,4-5,13H2,(H,14,16). The molecule has 0 saturated carbocycles. The lowest BCUT2D eigenvalue weighted by atomic mass is 10.2. The number of hydrogen-bond donors (Lipinski definition) is 3. The van der Waals surface area contributed by atoms with Gasteiger partial charge in [-0.2, -0.15) is 0 Å². The van der Waals surface area contributed by atoms with Crippen molar-refractivity contribution in [3.05, 3.63) is 41.4 Å². The van der Waals surface area contributed by atoms with Crippen LogP contribution in [0, 0.1) is 0 Å². The van der Waals surface area contributed by atoms with Gasteiger partial charge in [-0.25, -0.2) is 4.98 Å². The smallest absolute Gasteiger partial charge is 0.0921 e. The Morgan fingerprint density at radius 2 is 2.31 bits per heavy atom. The minimum absolute atomic E-state index is 0.643. The van der Waals surface area contributed by atoms with Crippen molar-refractivity contribution in [2.75, 3.05) is 17.6 Å². The highest BCUT2D eigenvalue weighted by molar-refractivity contribution is 6.33. The number of H-pyrrole nitrogens is 1. The topological polar surface area (TPSA) is 66.7 Å². The summed E-state index contributed by atoms with van der Waals surface area (Å²) in [7, 11) is 0. The summed E-state index contributed by atoms with van der Waals surface area (Å²) in [6.07, 6.45) is 4.32. The second-order valence-corrected chi connectivity index (χ2v) is 3.86. The van der Waals surface area contributed by atoms with Crippen molar-refractivity contribution < 1.29 is 0 Å². The third-order valence-corrected chi connectivity index (χ3v) is 2.61. The molecule has 1 aromatic heterocycles. The molecule has 0 fully saturated rings. The summed E-state index contributed by atoms with van der Waals surface area (Å²) < 4.78 is 0. The lowest BCUT2D eigenvalue weighted by Gasteiger charge is -2.10. The first-order chi connectivity index (χ1) is 7.77. The van der Waals surface area contributed by atoms with Crippen LogP contribution in [0.1, 0.15) is 5.69 Å². The fraction of sp³-hybridized carbons (Fsp3) is 0.182. The van der Waals surface area contributed by atoms with Gasteiger partial charge in [0.05, 0.1) is 22.7 Å². The molecule has 4 nitrogen and oxygen atoms in total. The van der Waals surface area contributed by atoms with Gasteiger partial charge in [0.2, 0.25) is 0 Å². The minimum Gasteiger partial charge on any atom is -0.397 e. The Kier molecular flexibility index (Phi) is 3.31. The molecule has 0 saturated heterocycles. The van der Waals surface area contributed by atoms with Gasteiger partial charge >= 0.3 is 0 Å². The number of nitrogens with zero attached hydrogens (tertiary/aromatic N) is 1. The molecule has 0 aliphatic rings. The molecule has 84 valence electrons. The highest BCUT2D eigenvalue weighted by atomic mass is 35.5. The number of para-hydroxylation sites is 1. The molecule has 0 aliphatic carbocycles. The largest absolute Gasteiger partial charge is 0.397 e. The van der Waals surface area contributed by atoms with Crippen molar-refractivity contribution in [1.29, 1.82) is 0 Å². The molecule has 0 unspecified atom stereocenters. The van der Waals surface area contributed by atoms with E-state index < -0.39 is 0 Å². The Balaban J connectivity index is 1.95. The predicted molar refractivity (Wildman–Crippen MR) is 66.6 cm³/mol. The molecule has 0 radical (unpaired) electrons. The number of aromatic amines is 1. The Hall–Kier alpha value is -1.68. The zero-order valence-electron chi connectivity index (χ0n) is 8.70. The van der Waals surface area contributed by atoms with E-state index >= 15 is 0 Å². The fourth-order valence-corrected chi connectivity index (χ4v) is 1.72. The molecule has 0 aliphatic heterocycles. The van der Waals surface area contributed by atoms with E-state index in [1.807, 2.05) is 18.2 Å². The van der Waals surface area contributed by atoms with Crippen molar-refractivity contribution in [3.63, 3.8) is 0 Å². The third-order valence-electron chi connectivity index (χ3n) is 2.30. The molecule has 16 heavy (non-hydrogen) atoms. The molecule has 0 bridgehead atoms. The average Bonchev–Trinajstić information content (AvgIpc) is 2.75. The fourth-order valence-electron chi connectivity index (χ4n) is 1.47. The molecule has 5 heteroatoms. The van der Waals surface area contributed by atoms with Crippen LogP contribution in [0.25, 0.3) is 0 Å². The third kappa shape index (κ3) is 2.46. The summed E-state index contributed by atoms with van der Waals surface area (Å²) in [4.78, 5) is 6.99. The van der Waals surface area contributed by atoms with Gasteiger partial charge in [-0.1, -0.05) is 17.7 Å². The number of benzene rings is 1. The van der Waals surface area contributed by atoms with E-state index in [1.165, 1.54) is 0 Å². The first-order valence-electron chi connectivity index (χ1n) is 5.02. The molecule has 2 aromatic rings. The number of nitrogens with one attached hydrogen (secondary N) is 2. The van der Waals surface area contributed by atoms with Crippen LogP contribution in [0.15, 0.2) is 30.7 Å². The van der Waals surface area contributed by atoms with Gasteiger partial charge in [-0.15, -0.1) is 0 Å². The minimum atomic E-state index is 0.643. The highest BCUT2D eigenvalue weighted by Crippen LogP contribution is 2.27. The van der Waals surface area contributed by atoms with Crippen molar-refractivity contribution in [2.24, 2.45) is 0 Å². The van der Waals surface area contributed by atoms with Gasteiger partial charge in [0.25, 0.3) is 0 Å². The van der Waals surface area contributed by atoms with Crippen LogP contribution in [0.2, 0.25) is 5.02 Å². The molecule has 0 amide bonds. The number of anilines is 2. The van der Waals surface area contributed by atoms with E-state index in [4.69, 9.17) is 17.3 Å². The maximum atomic E-state index is 6.03. The number of hydrogen-bond acceptors (Lipinski definition) is 3. The van der Waals surface area contributed by atoms with Gasteiger partial charge in [0, 0.05) is 24.9 Å². The van der Waals surface area contributed by atoms with E-state index in [1.54, 1.807) is 12.5 Å². The Morgan fingerprint density at radius 3 is 3.00 bits per heavy atom. The molecule has 0 atom stereocenters. The van der Waals surface area contributed by atoms with Crippen LogP contribution in [0.5, 0.6) is 0 Å². The summed E-state index contributed by atoms with van der Waals surface area (Å²) in [5.41, 5.74) is 8.35. The maximum Gasteiger partial charge on any atom is 0.0921 e. The summed E-state index contributed by atoms with van der Waals surface area (Å²) >= 11 is 6.03. The average molecular weight is 237 g/mol. The Morgan fingerprint density at radius 1 is 1.44 bits per heavy atom. The van der Waals surface area contributed by atoms with Gasteiger partial charge in [-0.05, 0) is 12.1 Å². The Labute approximate surface area is 98.8 Å². The van der Waals surface area contributed by atoms with Crippen molar-refractivity contribution >= 4 is 23.0 Å².